The Morgan fingerprint density at radius 1 is 0.800 bits per heavy atom. The smallest absolute Gasteiger partial charge is 0.337 e. The lowest BCUT2D eigenvalue weighted by atomic mass is 10.1. The minimum Gasteiger partial charge on any atom is -0.496 e. The molecule has 1 amide bonds. The normalized spacial score (nSPS) is 10.3. The van der Waals surface area contributed by atoms with Crippen LogP contribution in [0.4, 0.5) is 5.69 Å². The number of benzene rings is 3. The van der Waals surface area contributed by atoms with E-state index in [1.54, 1.807) is 31.4 Å². The summed E-state index contributed by atoms with van der Waals surface area (Å²) in [6.45, 7) is 0. The topological polar surface area (TPSA) is 64.6 Å². The van der Waals surface area contributed by atoms with E-state index in [9.17, 15) is 9.59 Å². The summed E-state index contributed by atoms with van der Waals surface area (Å²) in [4.78, 5) is 24.0. The van der Waals surface area contributed by atoms with Crippen molar-refractivity contribution in [3.05, 3.63) is 71.8 Å². The first-order chi connectivity index (χ1) is 12.1. The molecule has 0 bridgehead atoms. The van der Waals surface area contributed by atoms with Gasteiger partial charge in [0.15, 0.2) is 0 Å². The van der Waals surface area contributed by atoms with E-state index in [4.69, 9.17) is 4.74 Å². The van der Waals surface area contributed by atoms with Crippen LogP contribution in [0.5, 0.6) is 5.75 Å². The Morgan fingerprint density at radius 2 is 1.44 bits per heavy atom. The number of hydrogen-bond donors (Lipinski definition) is 1. The number of hydrogen-bond acceptors (Lipinski definition) is 4. The lowest BCUT2D eigenvalue weighted by Gasteiger charge is -2.11. The van der Waals surface area contributed by atoms with Crippen molar-refractivity contribution in [3.63, 3.8) is 0 Å². The Bertz CT molecular complexity index is 932. The predicted molar refractivity (Wildman–Crippen MR) is 96.2 cm³/mol. The average Bonchev–Trinajstić information content (AvgIpc) is 2.67. The van der Waals surface area contributed by atoms with Crippen LogP contribution in [0.3, 0.4) is 0 Å². The fourth-order valence-electron chi connectivity index (χ4n) is 2.64. The van der Waals surface area contributed by atoms with Gasteiger partial charge in [0.25, 0.3) is 5.91 Å². The molecule has 1 N–H and O–H groups in total. The first kappa shape index (κ1) is 16.5. The van der Waals surface area contributed by atoms with Gasteiger partial charge in [-0.15, -0.1) is 0 Å². The molecule has 0 aliphatic rings. The van der Waals surface area contributed by atoms with Crippen molar-refractivity contribution in [2.75, 3.05) is 19.5 Å². The Balaban J connectivity index is 1.88. The van der Waals surface area contributed by atoms with Gasteiger partial charge in [-0.05, 0) is 36.4 Å². The maximum atomic E-state index is 12.5. The summed E-state index contributed by atoms with van der Waals surface area (Å²) in [5.41, 5.74) is 1.54. The summed E-state index contributed by atoms with van der Waals surface area (Å²) in [5.74, 6) is 0.0517. The molecule has 0 atom stereocenters. The van der Waals surface area contributed by atoms with Crippen LogP contribution in [0, 0.1) is 0 Å². The van der Waals surface area contributed by atoms with Crippen LogP contribution in [0.1, 0.15) is 20.7 Å². The second-order valence-electron chi connectivity index (χ2n) is 5.38. The highest BCUT2D eigenvalue weighted by Crippen LogP contribution is 2.30. The zero-order valence-electron chi connectivity index (χ0n) is 13.9. The fraction of sp³-hybridized carbons (Fsp3) is 0.100. The summed E-state index contributed by atoms with van der Waals surface area (Å²) in [6, 6.07) is 17.6. The van der Waals surface area contributed by atoms with Gasteiger partial charge < -0.3 is 14.8 Å². The van der Waals surface area contributed by atoms with Crippen molar-refractivity contribution in [2.45, 2.75) is 0 Å². The number of amides is 1. The maximum Gasteiger partial charge on any atom is 0.337 e. The second kappa shape index (κ2) is 7.05. The molecule has 0 aromatic heterocycles. The van der Waals surface area contributed by atoms with Crippen LogP contribution in [-0.4, -0.2) is 26.1 Å². The summed E-state index contributed by atoms with van der Waals surface area (Å²) >= 11 is 0. The Kier molecular flexibility index (Phi) is 4.66. The lowest BCUT2D eigenvalue weighted by Crippen LogP contribution is -2.12. The van der Waals surface area contributed by atoms with Gasteiger partial charge in [-0.3, -0.25) is 4.79 Å². The van der Waals surface area contributed by atoms with E-state index >= 15 is 0 Å². The number of anilines is 1. The number of rotatable bonds is 4. The third-order valence-corrected chi connectivity index (χ3v) is 3.92. The van der Waals surface area contributed by atoms with E-state index in [1.165, 1.54) is 7.11 Å². The van der Waals surface area contributed by atoms with E-state index < -0.39 is 5.97 Å². The van der Waals surface area contributed by atoms with Gasteiger partial charge in [0.2, 0.25) is 0 Å². The number of ether oxygens (including phenoxy) is 2. The Morgan fingerprint density at radius 3 is 2.12 bits per heavy atom. The van der Waals surface area contributed by atoms with Gasteiger partial charge in [-0.2, -0.15) is 0 Å². The molecule has 0 saturated heterocycles. The lowest BCUT2D eigenvalue weighted by molar-refractivity contribution is 0.0600. The molecule has 126 valence electrons. The van der Waals surface area contributed by atoms with Crippen molar-refractivity contribution in [1.82, 2.24) is 0 Å². The van der Waals surface area contributed by atoms with Crippen molar-refractivity contribution in [1.29, 1.82) is 0 Å². The van der Waals surface area contributed by atoms with Gasteiger partial charge in [-0.1, -0.05) is 24.3 Å². The molecule has 0 aliphatic carbocycles. The molecule has 25 heavy (non-hydrogen) atoms. The summed E-state index contributed by atoms with van der Waals surface area (Å²) < 4.78 is 10.0. The van der Waals surface area contributed by atoms with Crippen LogP contribution < -0.4 is 10.1 Å². The van der Waals surface area contributed by atoms with Crippen LogP contribution in [0.25, 0.3) is 10.8 Å². The van der Waals surface area contributed by atoms with Crippen LogP contribution >= 0.6 is 0 Å². The molecule has 0 aliphatic heterocycles. The molecule has 3 aromatic rings. The predicted octanol–water partition coefficient (Wildman–Crippen LogP) is 3.89. The Hall–Kier alpha value is -3.34. The first-order valence-electron chi connectivity index (χ1n) is 7.69. The highest BCUT2D eigenvalue weighted by atomic mass is 16.5. The van der Waals surface area contributed by atoms with Crippen molar-refractivity contribution >= 4 is 28.3 Å². The minimum atomic E-state index is -0.437. The SMILES string of the molecule is COC(=O)c1ccc(C(=O)Nc2cccc3c(OC)cccc23)cc1. The molecular formula is C20H17NO4. The highest BCUT2D eigenvalue weighted by molar-refractivity contribution is 6.10. The van der Waals surface area contributed by atoms with Crippen LogP contribution in [-0.2, 0) is 4.74 Å². The third kappa shape index (κ3) is 3.30. The average molecular weight is 335 g/mol. The number of carbonyl (C=O) groups excluding carboxylic acids is 2. The molecule has 0 spiro atoms. The van der Waals surface area contributed by atoms with Gasteiger partial charge in [0.1, 0.15) is 5.75 Å². The summed E-state index contributed by atoms with van der Waals surface area (Å²) in [5, 5.41) is 4.71. The van der Waals surface area contributed by atoms with E-state index in [0.717, 1.165) is 16.5 Å². The zero-order valence-corrected chi connectivity index (χ0v) is 13.9. The standard InChI is InChI=1S/C20H17NO4/c1-24-18-8-4-5-15-16(18)6-3-7-17(15)21-19(22)13-9-11-14(12-10-13)20(23)25-2/h3-12H,1-2H3,(H,21,22). The molecule has 3 aromatic carbocycles. The Labute approximate surface area is 145 Å². The number of fused-ring (bicyclic) bond motifs is 1. The zero-order chi connectivity index (χ0) is 17.8. The van der Waals surface area contributed by atoms with Crippen LogP contribution in [0.15, 0.2) is 60.7 Å². The summed E-state index contributed by atoms with van der Waals surface area (Å²) in [6.07, 6.45) is 0. The van der Waals surface area contributed by atoms with Crippen molar-refractivity contribution in [2.24, 2.45) is 0 Å². The van der Waals surface area contributed by atoms with E-state index in [-0.39, 0.29) is 5.91 Å². The molecule has 5 heteroatoms. The highest BCUT2D eigenvalue weighted by Gasteiger charge is 2.11. The molecule has 3 rings (SSSR count). The summed E-state index contributed by atoms with van der Waals surface area (Å²) in [7, 11) is 2.93. The van der Waals surface area contributed by atoms with Gasteiger partial charge in [0.05, 0.1) is 19.8 Å². The maximum absolute atomic E-state index is 12.5. The van der Waals surface area contributed by atoms with E-state index in [0.29, 0.717) is 16.8 Å². The monoisotopic (exact) mass is 335 g/mol. The van der Waals surface area contributed by atoms with Gasteiger partial charge in [0, 0.05) is 22.0 Å². The molecule has 0 heterocycles. The van der Waals surface area contributed by atoms with E-state index in [1.807, 2.05) is 36.4 Å². The van der Waals surface area contributed by atoms with Gasteiger partial charge in [-0.25, -0.2) is 4.79 Å². The van der Waals surface area contributed by atoms with Crippen LogP contribution in [0.2, 0.25) is 0 Å². The fourth-order valence-corrected chi connectivity index (χ4v) is 2.64. The molecule has 0 unspecified atom stereocenters. The first-order valence-corrected chi connectivity index (χ1v) is 7.69. The number of nitrogens with one attached hydrogen (secondary N) is 1. The number of methoxy groups -OCH3 is 2. The molecule has 5 nitrogen and oxygen atoms in total. The van der Waals surface area contributed by atoms with Gasteiger partial charge >= 0.3 is 5.97 Å². The molecule has 0 radical (unpaired) electrons. The second-order valence-corrected chi connectivity index (χ2v) is 5.38. The molecular weight excluding hydrogens is 318 g/mol. The number of esters is 1. The largest absolute Gasteiger partial charge is 0.496 e. The van der Waals surface area contributed by atoms with E-state index in [2.05, 4.69) is 10.1 Å². The molecule has 0 fully saturated rings. The number of carbonyl (C=O) groups is 2. The minimum absolute atomic E-state index is 0.258. The van der Waals surface area contributed by atoms with Crippen molar-refractivity contribution < 1.29 is 19.1 Å². The molecule has 0 saturated carbocycles. The van der Waals surface area contributed by atoms with Crippen molar-refractivity contribution in [3.8, 4) is 5.75 Å². The third-order valence-electron chi connectivity index (χ3n) is 3.92. The quantitative estimate of drug-likeness (QED) is 0.735.